The summed E-state index contributed by atoms with van der Waals surface area (Å²) in [4.78, 5) is 2.48. The topological polar surface area (TPSA) is 56.3 Å². The minimum absolute atomic E-state index is 0.0795. The Morgan fingerprint density at radius 3 is 2.70 bits per heavy atom. The van der Waals surface area contributed by atoms with Gasteiger partial charge >= 0.3 is 0 Å². The zero-order chi connectivity index (χ0) is 14.8. The molecule has 6 heteroatoms. The van der Waals surface area contributed by atoms with Gasteiger partial charge in [0, 0.05) is 12.6 Å². The third kappa shape index (κ3) is 3.08. The SMILES string of the molecule is COCCn1ncc(Br)c1C(N)C(C)(C)N1CCCC1. The number of nitrogens with zero attached hydrogens (tertiary/aromatic N) is 3. The van der Waals surface area contributed by atoms with Crippen molar-refractivity contribution in [2.75, 3.05) is 26.8 Å². The summed E-state index contributed by atoms with van der Waals surface area (Å²) < 4.78 is 8.08. The molecule has 1 saturated heterocycles. The molecule has 1 atom stereocenters. The summed E-state index contributed by atoms with van der Waals surface area (Å²) in [5, 5.41) is 4.41. The Kier molecular flexibility index (Phi) is 5.23. The van der Waals surface area contributed by atoms with Crippen molar-refractivity contribution in [2.45, 2.75) is 44.8 Å². The van der Waals surface area contributed by atoms with Crippen molar-refractivity contribution in [1.82, 2.24) is 14.7 Å². The summed E-state index contributed by atoms with van der Waals surface area (Å²) in [5.74, 6) is 0. The number of aromatic nitrogens is 2. The minimum Gasteiger partial charge on any atom is -0.383 e. The van der Waals surface area contributed by atoms with Crippen LogP contribution in [0.5, 0.6) is 0 Å². The molecule has 20 heavy (non-hydrogen) atoms. The molecule has 2 rings (SSSR count). The second-order valence-corrected chi connectivity index (χ2v) is 6.77. The molecule has 2 N–H and O–H groups in total. The summed E-state index contributed by atoms with van der Waals surface area (Å²) in [6, 6.07) is -0.0886. The van der Waals surface area contributed by atoms with Gasteiger partial charge < -0.3 is 10.5 Å². The van der Waals surface area contributed by atoms with Gasteiger partial charge in [-0.25, -0.2) is 0 Å². The molecule has 1 aromatic rings. The van der Waals surface area contributed by atoms with Gasteiger partial charge in [-0.2, -0.15) is 5.10 Å². The lowest BCUT2D eigenvalue weighted by molar-refractivity contribution is 0.118. The molecule has 0 saturated carbocycles. The van der Waals surface area contributed by atoms with E-state index in [1.165, 1.54) is 12.8 Å². The third-order valence-corrected chi connectivity index (χ3v) is 4.93. The van der Waals surface area contributed by atoms with Gasteiger partial charge in [0.05, 0.1) is 35.6 Å². The molecule has 0 aromatic carbocycles. The maximum atomic E-state index is 6.60. The highest BCUT2D eigenvalue weighted by Gasteiger charge is 2.38. The Morgan fingerprint density at radius 2 is 2.10 bits per heavy atom. The molecule has 1 aromatic heterocycles. The Labute approximate surface area is 129 Å². The maximum Gasteiger partial charge on any atom is 0.0713 e. The van der Waals surface area contributed by atoms with Crippen LogP contribution in [0.2, 0.25) is 0 Å². The van der Waals surface area contributed by atoms with Gasteiger partial charge in [-0.1, -0.05) is 0 Å². The molecule has 1 unspecified atom stereocenters. The molecule has 2 heterocycles. The van der Waals surface area contributed by atoms with Crippen LogP contribution in [0.15, 0.2) is 10.7 Å². The summed E-state index contributed by atoms with van der Waals surface area (Å²) in [5.41, 5.74) is 7.57. The molecule has 1 fully saturated rings. The molecule has 114 valence electrons. The van der Waals surface area contributed by atoms with Crippen LogP contribution in [0.25, 0.3) is 0 Å². The van der Waals surface area contributed by atoms with E-state index in [1.54, 1.807) is 7.11 Å². The van der Waals surface area contributed by atoms with Crippen LogP contribution in [0.4, 0.5) is 0 Å². The molecule has 1 aliphatic heterocycles. The first-order valence-corrected chi connectivity index (χ1v) is 7.98. The first-order valence-electron chi connectivity index (χ1n) is 7.19. The van der Waals surface area contributed by atoms with Crippen molar-refractivity contribution in [2.24, 2.45) is 5.73 Å². The molecule has 5 nitrogen and oxygen atoms in total. The quantitative estimate of drug-likeness (QED) is 0.859. The van der Waals surface area contributed by atoms with E-state index in [1.807, 2.05) is 10.9 Å². The third-order valence-electron chi connectivity index (χ3n) is 4.32. The molecule has 1 aliphatic rings. The monoisotopic (exact) mass is 344 g/mol. The average molecular weight is 345 g/mol. The maximum absolute atomic E-state index is 6.60. The number of rotatable bonds is 6. The smallest absolute Gasteiger partial charge is 0.0713 e. The molecule has 0 radical (unpaired) electrons. The number of nitrogens with two attached hydrogens (primary N) is 1. The zero-order valence-corrected chi connectivity index (χ0v) is 14.2. The highest BCUT2D eigenvalue weighted by Crippen LogP contribution is 2.34. The van der Waals surface area contributed by atoms with Crippen LogP contribution in [0, 0.1) is 0 Å². The number of ether oxygens (including phenoxy) is 1. The lowest BCUT2D eigenvalue weighted by Crippen LogP contribution is -2.50. The first kappa shape index (κ1) is 15.9. The van der Waals surface area contributed by atoms with Crippen molar-refractivity contribution in [1.29, 1.82) is 0 Å². The van der Waals surface area contributed by atoms with E-state index in [9.17, 15) is 0 Å². The van der Waals surface area contributed by atoms with Crippen LogP contribution < -0.4 is 5.73 Å². The van der Waals surface area contributed by atoms with Crippen molar-refractivity contribution >= 4 is 15.9 Å². The van der Waals surface area contributed by atoms with Crippen molar-refractivity contribution in [3.63, 3.8) is 0 Å². The van der Waals surface area contributed by atoms with E-state index in [2.05, 4.69) is 39.8 Å². The summed E-state index contributed by atoms with van der Waals surface area (Å²) >= 11 is 3.59. The minimum atomic E-state index is -0.0886. The van der Waals surface area contributed by atoms with Crippen molar-refractivity contribution < 1.29 is 4.74 Å². The lowest BCUT2D eigenvalue weighted by Gasteiger charge is -2.40. The van der Waals surface area contributed by atoms with Crippen LogP contribution in [-0.2, 0) is 11.3 Å². The highest BCUT2D eigenvalue weighted by atomic mass is 79.9. The van der Waals surface area contributed by atoms with Crippen LogP contribution in [0.3, 0.4) is 0 Å². The van der Waals surface area contributed by atoms with Gasteiger partial charge in [0.2, 0.25) is 0 Å². The average Bonchev–Trinajstić information content (AvgIpc) is 3.05. The zero-order valence-electron chi connectivity index (χ0n) is 12.6. The fourth-order valence-electron chi connectivity index (χ4n) is 2.86. The molecule has 0 amide bonds. The predicted octanol–water partition coefficient (Wildman–Crippen LogP) is 2.17. The van der Waals surface area contributed by atoms with Gasteiger partial charge in [-0.05, 0) is 55.7 Å². The van der Waals surface area contributed by atoms with Crippen LogP contribution in [0.1, 0.15) is 38.4 Å². The number of hydrogen-bond acceptors (Lipinski definition) is 4. The van der Waals surface area contributed by atoms with E-state index in [0.717, 1.165) is 29.8 Å². The van der Waals surface area contributed by atoms with Gasteiger partial charge in [0.15, 0.2) is 0 Å². The Balaban J connectivity index is 2.22. The van der Waals surface area contributed by atoms with Gasteiger partial charge in [-0.3, -0.25) is 9.58 Å². The highest BCUT2D eigenvalue weighted by molar-refractivity contribution is 9.10. The van der Waals surface area contributed by atoms with Crippen LogP contribution in [-0.4, -0.2) is 47.0 Å². The second kappa shape index (κ2) is 6.56. The Hall–Kier alpha value is -0.430. The largest absolute Gasteiger partial charge is 0.383 e. The molecular weight excluding hydrogens is 320 g/mol. The first-order chi connectivity index (χ1) is 9.48. The fraction of sp³-hybridized carbons (Fsp3) is 0.786. The Bertz CT molecular complexity index is 440. The fourth-order valence-corrected chi connectivity index (χ4v) is 3.40. The van der Waals surface area contributed by atoms with E-state index in [4.69, 9.17) is 10.5 Å². The standard InChI is InChI=1S/C14H25BrN4O/c1-14(2,18-6-4-5-7-18)13(16)12-11(15)10-17-19(12)8-9-20-3/h10,13H,4-9,16H2,1-3H3. The van der Waals surface area contributed by atoms with Crippen LogP contribution >= 0.6 is 15.9 Å². The summed E-state index contributed by atoms with van der Waals surface area (Å²) in [6.07, 6.45) is 4.35. The van der Waals surface area contributed by atoms with E-state index < -0.39 is 0 Å². The number of hydrogen-bond donors (Lipinski definition) is 1. The summed E-state index contributed by atoms with van der Waals surface area (Å²) in [6.45, 7) is 8.07. The van der Waals surface area contributed by atoms with Crippen molar-refractivity contribution in [3.05, 3.63) is 16.4 Å². The summed E-state index contributed by atoms with van der Waals surface area (Å²) in [7, 11) is 1.70. The predicted molar refractivity (Wildman–Crippen MR) is 83.6 cm³/mol. The van der Waals surface area contributed by atoms with E-state index >= 15 is 0 Å². The van der Waals surface area contributed by atoms with Gasteiger partial charge in [-0.15, -0.1) is 0 Å². The molecular formula is C14H25BrN4O. The second-order valence-electron chi connectivity index (χ2n) is 5.92. The van der Waals surface area contributed by atoms with Gasteiger partial charge in [0.1, 0.15) is 0 Å². The normalized spacial score (nSPS) is 18.6. The lowest BCUT2D eigenvalue weighted by atomic mass is 9.90. The Morgan fingerprint density at radius 1 is 1.45 bits per heavy atom. The number of halogens is 1. The van der Waals surface area contributed by atoms with Crippen molar-refractivity contribution in [3.8, 4) is 0 Å². The molecule has 0 spiro atoms. The van der Waals surface area contributed by atoms with E-state index in [0.29, 0.717) is 6.61 Å². The molecule has 0 aliphatic carbocycles. The number of methoxy groups -OCH3 is 1. The number of likely N-dealkylation sites (tertiary alicyclic amines) is 1. The molecule has 0 bridgehead atoms. The van der Waals surface area contributed by atoms with E-state index in [-0.39, 0.29) is 11.6 Å². The van der Waals surface area contributed by atoms with Gasteiger partial charge in [0.25, 0.3) is 0 Å².